The van der Waals surface area contributed by atoms with Gasteiger partial charge in [-0.1, -0.05) is 0 Å². The van der Waals surface area contributed by atoms with Crippen molar-refractivity contribution in [2.24, 2.45) is 22.2 Å². The molecule has 1 heterocycles. The Hall–Kier alpha value is -3.14. The number of guanidine groups is 1. The Bertz CT molecular complexity index is 744. The predicted octanol–water partition coefficient (Wildman–Crippen LogP) is -3.72. The highest BCUT2D eigenvalue weighted by Crippen LogP contribution is 2.26. The van der Waals surface area contributed by atoms with Crippen molar-refractivity contribution in [3.63, 3.8) is 0 Å². The summed E-state index contributed by atoms with van der Waals surface area (Å²) in [5, 5.41) is 37.4. The number of hydrogen-bond donors (Lipinski definition) is 9. The second-order valence-corrected chi connectivity index (χ2v) is 7.48. The highest BCUT2D eigenvalue weighted by Gasteiger charge is 2.46. The molecule has 0 spiro atoms. The fourth-order valence-corrected chi connectivity index (χ4v) is 3.22. The number of alkyl carbamates (subject to hydrolysis) is 1. The summed E-state index contributed by atoms with van der Waals surface area (Å²) in [5.41, 5.74) is 16.3. The lowest BCUT2D eigenvalue weighted by atomic mass is 9.92. The Balaban J connectivity index is 3.03. The highest BCUT2D eigenvalue weighted by molar-refractivity contribution is 5.85. The third kappa shape index (κ3) is 9.78. The first-order valence-electron chi connectivity index (χ1n) is 10.7. The van der Waals surface area contributed by atoms with E-state index >= 15 is 0 Å². The number of ether oxygens (including phenoxy) is 2. The number of aliphatic imine (C=N–C) groups is 1. The number of carboxylic acids is 1. The largest absolute Gasteiger partial charge is 0.477 e. The minimum atomic E-state index is -1.68. The Morgan fingerprint density at radius 1 is 1.24 bits per heavy atom. The van der Waals surface area contributed by atoms with Gasteiger partial charge < -0.3 is 57.9 Å². The maximum Gasteiger partial charge on any atom is 0.407 e. The number of carbonyl (C=O) groups excluding carboxylic acids is 2. The van der Waals surface area contributed by atoms with Crippen LogP contribution in [0.4, 0.5) is 4.79 Å². The van der Waals surface area contributed by atoms with Gasteiger partial charge in [0.25, 0.3) is 0 Å². The van der Waals surface area contributed by atoms with Crippen LogP contribution in [0.5, 0.6) is 0 Å². The van der Waals surface area contributed by atoms with Gasteiger partial charge in [0.05, 0.1) is 18.7 Å². The SMILES string of the molecule is CC(=O)N[C@H]1[C@H]([C@H](OC(=O)NCCCCNCCN)[C@H](O)CO)OC(C(=O)O)=C[C@@H]1N=C(N)N. The molecule has 12 N–H and O–H groups in total. The lowest BCUT2D eigenvalue weighted by Gasteiger charge is -2.39. The molecule has 15 nitrogen and oxygen atoms in total. The molecular formula is C19H35N7O8. The zero-order chi connectivity index (χ0) is 25.7. The Morgan fingerprint density at radius 2 is 1.91 bits per heavy atom. The molecule has 0 aromatic rings. The van der Waals surface area contributed by atoms with Gasteiger partial charge in [0.2, 0.25) is 11.7 Å². The van der Waals surface area contributed by atoms with Crippen molar-refractivity contribution in [3.05, 3.63) is 11.8 Å². The molecule has 0 saturated carbocycles. The summed E-state index contributed by atoms with van der Waals surface area (Å²) in [6, 6.07) is -2.27. The van der Waals surface area contributed by atoms with Crippen LogP contribution in [0.3, 0.4) is 0 Å². The Morgan fingerprint density at radius 3 is 2.47 bits per heavy atom. The van der Waals surface area contributed by atoms with Gasteiger partial charge in [0.1, 0.15) is 6.10 Å². The second kappa shape index (κ2) is 14.9. The molecule has 0 unspecified atom stereocenters. The number of rotatable bonds is 14. The van der Waals surface area contributed by atoms with Crippen LogP contribution in [0, 0.1) is 0 Å². The minimum absolute atomic E-state index is 0.253. The van der Waals surface area contributed by atoms with Crippen molar-refractivity contribution in [1.29, 1.82) is 0 Å². The number of aliphatic hydroxyl groups excluding tert-OH is 2. The van der Waals surface area contributed by atoms with Crippen molar-refractivity contribution in [2.45, 2.75) is 50.2 Å². The summed E-state index contributed by atoms with van der Waals surface area (Å²) in [6.07, 6.45) is -3.23. The Kier molecular flexibility index (Phi) is 12.7. The highest BCUT2D eigenvalue weighted by atomic mass is 16.6. The van der Waals surface area contributed by atoms with Crippen molar-refractivity contribution in [2.75, 3.05) is 32.8 Å². The van der Waals surface area contributed by atoms with Gasteiger partial charge in [-0.05, 0) is 25.5 Å². The van der Waals surface area contributed by atoms with E-state index in [1.54, 1.807) is 0 Å². The summed E-state index contributed by atoms with van der Waals surface area (Å²) in [5.74, 6) is -3.02. The third-order valence-corrected chi connectivity index (χ3v) is 4.69. The van der Waals surface area contributed by atoms with Gasteiger partial charge in [0, 0.05) is 26.6 Å². The topological polar surface area (TPSA) is 257 Å². The van der Waals surface area contributed by atoms with Crippen LogP contribution in [0.1, 0.15) is 19.8 Å². The smallest absolute Gasteiger partial charge is 0.407 e. The van der Waals surface area contributed by atoms with Gasteiger partial charge in [-0.2, -0.15) is 0 Å². The normalized spacial score (nSPS) is 21.3. The molecule has 0 saturated heterocycles. The van der Waals surface area contributed by atoms with E-state index in [1.807, 2.05) is 0 Å². The average molecular weight is 490 g/mol. The van der Waals surface area contributed by atoms with E-state index in [0.29, 0.717) is 26.1 Å². The molecule has 194 valence electrons. The zero-order valence-electron chi connectivity index (χ0n) is 19.0. The van der Waals surface area contributed by atoms with Gasteiger partial charge in [-0.3, -0.25) is 4.79 Å². The van der Waals surface area contributed by atoms with Gasteiger partial charge in [-0.15, -0.1) is 0 Å². The number of carboxylic acid groups (broad SMARTS) is 1. The number of nitrogens with one attached hydrogen (secondary N) is 3. The molecule has 0 bridgehead atoms. The second-order valence-electron chi connectivity index (χ2n) is 7.48. The molecule has 15 heteroatoms. The molecular weight excluding hydrogens is 454 g/mol. The lowest BCUT2D eigenvalue weighted by Crippen LogP contribution is -2.61. The standard InChI is InChI=1S/C19H35N7O8/c1-10(28)25-14-11(26-18(21)22)8-13(17(30)31)33-16(14)15(12(29)9-27)34-19(32)24-6-3-2-5-23-7-4-20/h8,11-12,14-16,23,27,29H,2-7,9,20H2,1H3,(H,24,32)(H,25,28)(H,30,31)(H4,21,22,26)/t11-,12+,14+,15+,16+/m0/s1. The van der Waals surface area contributed by atoms with Gasteiger partial charge >= 0.3 is 12.1 Å². The monoisotopic (exact) mass is 489 g/mol. The fourth-order valence-electron chi connectivity index (χ4n) is 3.22. The summed E-state index contributed by atoms with van der Waals surface area (Å²) < 4.78 is 10.7. The van der Waals surface area contributed by atoms with Crippen molar-refractivity contribution in [3.8, 4) is 0 Å². The number of aliphatic carboxylic acids is 1. The minimum Gasteiger partial charge on any atom is -0.477 e. The number of amides is 2. The van der Waals surface area contributed by atoms with Crippen LogP contribution in [0.25, 0.3) is 0 Å². The van der Waals surface area contributed by atoms with Crippen LogP contribution in [-0.4, -0.2) is 102 Å². The maximum atomic E-state index is 12.4. The molecule has 2 amide bonds. The number of carbonyl (C=O) groups is 3. The quantitative estimate of drug-likeness (QED) is 0.0648. The van der Waals surface area contributed by atoms with Crippen LogP contribution >= 0.6 is 0 Å². The predicted molar refractivity (Wildman–Crippen MR) is 120 cm³/mol. The van der Waals surface area contributed by atoms with E-state index in [-0.39, 0.29) is 6.54 Å². The molecule has 0 radical (unpaired) electrons. The van der Waals surface area contributed by atoms with E-state index in [2.05, 4.69) is 20.9 Å². The van der Waals surface area contributed by atoms with E-state index in [4.69, 9.17) is 26.7 Å². The first-order chi connectivity index (χ1) is 16.1. The van der Waals surface area contributed by atoms with Crippen molar-refractivity contribution < 1.29 is 39.2 Å². The third-order valence-electron chi connectivity index (χ3n) is 4.69. The first-order valence-corrected chi connectivity index (χ1v) is 10.7. The summed E-state index contributed by atoms with van der Waals surface area (Å²) in [6.45, 7) is 2.50. The number of nitrogens with zero attached hydrogens (tertiary/aromatic N) is 1. The van der Waals surface area contributed by atoms with Crippen molar-refractivity contribution >= 4 is 23.9 Å². The zero-order valence-corrected chi connectivity index (χ0v) is 19.0. The molecule has 1 aliphatic heterocycles. The number of nitrogens with two attached hydrogens (primary N) is 3. The summed E-state index contributed by atoms with van der Waals surface area (Å²) in [7, 11) is 0. The van der Waals surface area contributed by atoms with Gasteiger partial charge in [-0.25, -0.2) is 14.6 Å². The molecule has 0 fully saturated rings. The molecule has 0 aliphatic carbocycles. The lowest BCUT2D eigenvalue weighted by molar-refractivity contribution is -0.146. The van der Waals surface area contributed by atoms with Crippen LogP contribution in [0.2, 0.25) is 0 Å². The van der Waals surface area contributed by atoms with Crippen molar-refractivity contribution in [1.82, 2.24) is 16.0 Å². The van der Waals surface area contributed by atoms with Crippen LogP contribution < -0.4 is 33.2 Å². The van der Waals surface area contributed by atoms with E-state index < -0.39 is 66.7 Å². The van der Waals surface area contributed by atoms with E-state index in [0.717, 1.165) is 12.5 Å². The van der Waals surface area contributed by atoms with E-state index in [1.165, 1.54) is 6.92 Å². The number of unbranched alkanes of at least 4 members (excludes halogenated alkanes) is 1. The van der Waals surface area contributed by atoms with Gasteiger partial charge in [0.15, 0.2) is 18.2 Å². The molecule has 1 rings (SSSR count). The molecule has 5 atom stereocenters. The molecule has 0 aromatic carbocycles. The molecule has 1 aliphatic rings. The number of aliphatic hydroxyl groups is 2. The molecule has 34 heavy (non-hydrogen) atoms. The Labute approximate surface area is 196 Å². The van der Waals surface area contributed by atoms with Crippen LogP contribution in [0.15, 0.2) is 16.8 Å². The molecule has 0 aromatic heterocycles. The number of hydrogen-bond acceptors (Lipinski definition) is 10. The summed E-state index contributed by atoms with van der Waals surface area (Å²) in [4.78, 5) is 39.6. The average Bonchev–Trinajstić information content (AvgIpc) is 2.76. The van der Waals surface area contributed by atoms with Crippen LogP contribution in [-0.2, 0) is 19.1 Å². The fraction of sp³-hybridized carbons (Fsp3) is 0.684. The maximum absolute atomic E-state index is 12.4. The first kappa shape index (κ1) is 28.9. The van der Waals surface area contributed by atoms with E-state index in [9.17, 15) is 29.7 Å². The summed E-state index contributed by atoms with van der Waals surface area (Å²) >= 11 is 0.